The van der Waals surface area contributed by atoms with Crippen molar-refractivity contribution in [2.45, 2.75) is 58.5 Å². The zero-order valence-corrected chi connectivity index (χ0v) is 14.2. The fraction of sp³-hybridized carbons (Fsp3) is 0.556. The molecule has 124 valence electrons. The lowest BCUT2D eigenvalue weighted by Gasteiger charge is -2.24. The molecule has 3 rings (SSSR count). The van der Waals surface area contributed by atoms with Crippen LogP contribution in [0.15, 0.2) is 29.4 Å². The summed E-state index contributed by atoms with van der Waals surface area (Å²) in [6, 6.07) is 6.73. The van der Waals surface area contributed by atoms with Gasteiger partial charge in [0.25, 0.3) is 0 Å². The lowest BCUT2D eigenvalue weighted by molar-refractivity contribution is 0.410. The van der Waals surface area contributed by atoms with Crippen LogP contribution in [0.4, 0.5) is 0 Å². The van der Waals surface area contributed by atoms with E-state index >= 15 is 0 Å². The van der Waals surface area contributed by atoms with Crippen molar-refractivity contribution in [1.82, 2.24) is 20.0 Å². The Morgan fingerprint density at radius 1 is 1.30 bits per heavy atom. The van der Waals surface area contributed by atoms with E-state index in [1.54, 1.807) is 0 Å². The van der Waals surface area contributed by atoms with Gasteiger partial charge in [0.05, 0.1) is 12.2 Å². The first kappa shape index (κ1) is 15.8. The molecule has 0 amide bonds. The minimum Gasteiger partial charge on any atom is -0.357 e. The Morgan fingerprint density at radius 3 is 2.87 bits per heavy atom. The quantitative estimate of drug-likeness (QED) is 0.674. The molecule has 0 atom stereocenters. The SMILES string of the molecule is CCNC(=NCc1cn2c(C)cccc2n1)NC1CCCCC1. The van der Waals surface area contributed by atoms with Gasteiger partial charge in [-0.25, -0.2) is 9.98 Å². The van der Waals surface area contributed by atoms with Crippen molar-refractivity contribution in [1.29, 1.82) is 0 Å². The molecule has 0 saturated heterocycles. The van der Waals surface area contributed by atoms with E-state index in [-0.39, 0.29) is 0 Å². The smallest absolute Gasteiger partial charge is 0.191 e. The molecule has 2 heterocycles. The Kier molecular flexibility index (Phi) is 5.16. The average Bonchev–Trinajstić information content (AvgIpc) is 2.98. The molecule has 5 heteroatoms. The second kappa shape index (κ2) is 7.49. The van der Waals surface area contributed by atoms with E-state index in [1.165, 1.54) is 37.8 Å². The van der Waals surface area contributed by atoms with Crippen LogP contribution in [0.2, 0.25) is 0 Å². The number of aliphatic imine (C=N–C) groups is 1. The van der Waals surface area contributed by atoms with Crippen molar-refractivity contribution in [2.75, 3.05) is 6.54 Å². The van der Waals surface area contributed by atoms with Crippen LogP contribution >= 0.6 is 0 Å². The molecular formula is C18H27N5. The van der Waals surface area contributed by atoms with E-state index in [0.29, 0.717) is 12.6 Å². The number of pyridine rings is 1. The third-order valence-electron chi connectivity index (χ3n) is 4.44. The first-order valence-electron chi connectivity index (χ1n) is 8.74. The maximum atomic E-state index is 4.72. The summed E-state index contributed by atoms with van der Waals surface area (Å²) in [7, 11) is 0. The molecule has 5 nitrogen and oxygen atoms in total. The molecule has 0 bridgehead atoms. The summed E-state index contributed by atoms with van der Waals surface area (Å²) >= 11 is 0. The maximum absolute atomic E-state index is 4.72. The van der Waals surface area contributed by atoms with Crippen molar-refractivity contribution in [3.05, 3.63) is 35.8 Å². The van der Waals surface area contributed by atoms with Crippen LogP contribution in [0.5, 0.6) is 0 Å². The van der Waals surface area contributed by atoms with Gasteiger partial charge in [-0.3, -0.25) is 0 Å². The molecule has 2 aromatic heterocycles. The molecular weight excluding hydrogens is 286 g/mol. The summed E-state index contributed by atoms with van der Waals surface area (Å²) in [5.41, 5.74) is 3.18. The van der Waals surface area contributed by atoms with Crippen LogP contribution in [0.1, 0.15) is 50.4 Å². The fourth-order valence-corrected chi connectivity index (χ4v) is 3.20. The minimum atomic E-state index is 0.560. The van der Waals surface area contributed by atoms with Gasteiger partial charge in [0.2, 0.25) is 0 Å². The Morgan fingerprint density at radius 2 is 2.13 bits per heavy atom. The van der Waals surface area contributed by atoms with Crippen molar-refractivity contribution < 1.29 is 0 Å². The highest BCUT2D eigenvalue weighted by molar-refractivity contribution is 5.80. The van der Waals surface area contributed by atoms with Crippen molar-refractivity contribution in [3.8, 4) is 0 Å². The summed E-state index contributed by atoms with van der Waals surface area (Å²) in [5.74, 6) is 0.910. The number of hydrogen-bond acceptors (Lipinski definition) is 2. The van der Waals surface area contributed by atoms with Gasteiger partial charge in [-0.1, -0.05) is 25.3 Å². The molecule has 1 aliphatic carbocycles. The van der Waals surface area contributed by atoms with Gasteiger partial charge in [-0.2, -0.15) is 0 Å². The lowest BCUT2D eigenvalue weighted by atomic mass is 9.96. The average molecular weight is 313 g/mol. The van der Waals surface area contributed by atoms with Gasteiger partial charge < -0.3 is 15.0 Å². The zero-order chi connectivity index (χ0) is 16.1. The highest BCUT2D eigenvalue weighted by Gasteiger charge is 2.14. The van der Waals surface area contributed by atoms with Gasteiger partial charge in [-0.15, -0.1) is 0 Å². The maximum Gasteiger partial charge on any atom is 0.191 e. The first-order valence-corrected chi connectivity index (χ1v) is 8.74. The summed E-state index contributed by atoms with van der Waals surface area (Å²) < 4.78 is 2.12. The molecule has 2 N–H and O–H groups in total. The molecule has 1 aliphatic rings. The van der Waals surface area contributed by atoms with Crippen LogP contribution < -0.4 is 10.6 Å². The van der Waals surface area contributed by atoms with E-state index in [4.69, 9.17) is 4.99 Å². The fourth-order valence-electron chi connectivity index (χ4n) is 3.20. The highest BCUT2D eigenvalue weighted by atomic mass is 15.2. The molecule has 1 saturated carbocycles. The van der Waals surface area contributed by atoms with Crippen molar-refractivity contribution in [3.63, 3.8) is 0 Å². The van der Waals surface area contributed by atoms with Crippen LogP contribution in [0, 0.1) is 6.92 Å². The number of nitrogens with one attached hydrogen (secondary N) is 2. The van der Waals surface area contributed by atoms with Gasteiger partial charge in [-0.05, 0) is 38.8 Å². The molecule has 0 aliphatic heterocycles. The van der Waals surface area contributed by atoms with Crippen molar-refractivity contribution >= 4 is 11.6 Å². The number of fused-ring (bicyclic) bond motifs is 1. The second-order valence-electron chi connectivity index (χ2n) is 6.30. The summed E-state index contributed by atoms with van der Waals surface area (Å²) in [6.45, 7) is 5.68. The highest BCUT2D eigenvalue weighted by Crippen LogP contribution is 2.17. The monoisotopic (exact) mass is 313 g/mol. The predicted octanol–water partition coefficient (Wildman–Crippen LogP) is 3.03. The summed E-state index contributed by atoms with van der Waals surface area (Å²) in [5, 5.41) is 6.93. The van der Waals surface area contributed by atoms with E-state index < -0.39 is 0 Å². The van der Waals surface area contributed by atoms with E-state index in [0.717, 1.165) is 23.8 Å². The molecule has 23 heavy (non-hydrogen) atoms. The summed E-state index contributed by atoms with van der Waals surface area (Å²) in [4.78, 5) is 9.37. The van der Waals surface area contributed by atoms with Gasteiger partial charge in [0.1, 0.15) is 5.65 Å². The minimum absolute atomic E-state index is 0.560. The number of hydrogen-bond donors (Lipinski definition) is 2. The van der Waals surface area contributed by atoms with Crippen LogP contribution in [-0.4, -0.2) is 27.9 Å². The van der Waals surface area contributed by atoms with E-state index in [2.05, 4.69) is 46.1 Å². The topological polar surface area (TPSA) is 53.7 Å². The standard InChI is InChI=1S/C18H27N5/c1-3-19-18(22-15-9-5-4-6-10-15)20-12-16-13-23-14(2)8-7-11-17(23)21-16/h7-8,11,13,15H,3-6,9-10,12H2,1-2H3,(H2,19,20,22). The van der Waals surface area contributed by atoms with Crippen LogP contribution in [0.3, 0.4) is 0 Å². The second-order valence-corrected chi connectivity index (χ2v) is 6.30. The van der Waals surface area contributed by atoms with Gasteiger partial charge in [0.15, 0.2) is 5.96 Å². The molecule has 0 aromatic carbocycles. The third kappa shape index (κ3) is 4.03. The molecule has 1 fully saturated rings. The molecule has 0 unspecified atom stereocenters. The lowest BCUT2D eigenvalue weighted by Crippen LogP contribution is -2.44. The number of nitrogens with zero attached hydrogens (tertiary/aromatic N) is 3. The largest absolute Gasteiger partial charge is 0.357 e. The molecule has 2 aromatic rings. The summed E-state index contributed by atoms with van der Waals surface area (Å²) in [6.07, 6.45) is 8.59. The van der Waals surface area contributed by atoms with Crippen molar-refractivity contribution in [2.24, 2.45) is 4.99 Å². The number of rotatable bonds is 4. The predicted molar refractivity (Wildman–Crippen MR) is 94.8 cm³/mol. The Labute approximate surface area is 138 Å². The third-order valence-corrected chi connectivity index (χ3v) is 4.44. The Bertz CT molecular complexity index is 667. The van der Waals surface area contributed by atoms with E-state index in [1.807, 2.05) is 12.1 Å². The Hall–Kier alpha value is -2.04. The number of aryl methyl sites for hydroxylation is 1. The Balaban J connectivity index is 1.69. The molecule has 0 radical (unpaired) electrons. The van der Waals surface area contributed by atoms with E-state index in [9.17, 15) is 0 Å². The number of guanidine groups is 1. The van der Waals surface area contributed by atoms with Gasteiger partial charge in [0, 0.05) is 24.5 Å². The van der Waals surface area contributed by atoms with Crippen LogP contribution in [-0.2, 0) is 6.54 Å². The number of imidazole rings is 1. The molecule has 0 spiro atoms. The number of aromatic nitrogens is 2. The first-order chi connectivity index (χ1) is 11.3. The normalized spacial score (nSPS) is 16.7. The van der Waals surface area contributed by atoms with Gasteiger partial charge >= 0.3 is 0 Å². The van der Waals surface area contributed by atoms with Crippen LogP contribution in [0.25, 0.3) is 5.65 Å². The zero-order valence-electron chi connectivity index (χ0n) is 14.2.